The molecule has 5 aromatic rings. The highest BCUT2D eigenvalue weighted by Crippen LogP contribution is 2.37. The number of hydrogen-bond donors (Lipinski definition) is 1. The van der Waals surface area contributed by atoms with Gasteiger partial charge in [-0.25, -0.2) is 33.2 Å². The second kappa shape index (κ2) is 11.8. The fraction of sp³-hybridized carbons (Fsp3) is 0.267. The first-order valence-corrected chi connectivity index (χ1v) is 13.7. The van der Waals surface area contributed by atoms with Crippen molar-refractivity contribution in [1.82, 2.24) is 29.7 Å². The van der Waals surface area contributed by atoms with Crippen LogP contribution in [-0.2, 0) is 9.47 Å². The van der Waals surface area contributed by atoms with E-state index in [1.54, 1.807) is 36.9 Å². The van der Waals surface area contributed by atoms with Gasteiger partial charge in [0.1, 0.15) is 11.5 Å². The molecule has 4 aromatic heterocycles. The third-order valence-corrected chi connectivity index (χ3v) is 7.07. The Morgan fingerprint density at radius 1 is 1.09 bits per heavy atom. The molecule has 220 valence electrons. The van der Waals surface area contributed by atoms with E-state index >= 15 is 4.39 Å². The Balaban J connectivity index is 1.54. The van der Waals surface area contributed by atoms with E-state index in [2.05, 4.69) is 30.4 Å². The molecule has 1 aliphatic rings. The Hall–Kier alpha value is -4.91. The molecule has 0 aliphatic carbocycles. The summed E-state index contributed by atoms with van der Waals surface area (Å²) >= 11 is 0. The summed E-state index contributed by atoms with van der Waals surface area (Å²) < 4.78 is 57.3. The highest BCUT2D eigenvalue weighted by molar-refractivity contribution is 5.98. The van der Waals surface area contributed by atoms with Crippen LogP contribution < -0.4 is 5.32 Å². The first kappa shape index (κ1) is 28.2. The Morgan fingerprint density at radius 3 is 2.74 bits per heavy atom. The lowest BCUT2D eigenvalue weighted by Gasteiger charge is -2.23. The summed E-state index contributed by atoms with van der Waals surface area (Å²) in [5.41, 5.74) is 1.21. The minimum Gasteiger partial charge on any atom is -0.461 e. The number of benzene rings is 1. The van der Waals surface area contributed by atoms with E-state index in [1.165, 1.54) is 6.20 Å². The third-order valence-electron chi connectivity index (χ3n) is 7.07. The summed E-state index contributed by atoms with van der Waals surface area (Å²) in [5, 5.41) is 7.82. The van der Waals surface area contributed by atoms with Crippen molar-refractivity contribution in [2.75, 3.05) is 18.5 Å². The van der Waals surface area contributed by atoms with Crippen molar-refractivity contribution in [2.24, 2.45) is 0 Å². The first-order chi connectivity index (χ1) is 20.9. The molecule has 0 amide bonds. The number of ether oxygens (including phenoxy) is 2. The SMILES string of the molecule is CCOC(=O)c1nc(-c2cccnc2Nc2nc(F)ccc2F)nc(-c2c(C)ccc3c2cnn3C2CCCCO2)c1F. The number of fused-ring (bicyclic) bond motifs is 1. The highest BCUT2D eigenvalue weighted by Gasteiger charge is 2.28. The van der Waals surface area contributed by atoms with E-state index in [-0.39, 0.29) is 35.7 Å². The Kier molecular flexibility index (Phi) is 7.72. The van der Waals surface area contributed by atoms with Crippen molar-refractivity contribution in [3.63, 3.8) is 0 Å². The van der Waals surface area contributed by atoms with E-state index < -0.39 is 35.1 Å². The Morgan fingerprint density at radius 2 is 1.95 bits per heavy atom. The summed E-state index contributed by atoms with van der Waals surface area (Å²) in [6, 6.07) is 8.61. The minimum absolute atomic E-state index is 0.00376. The molecule has 0 bridgehead atoms. The fourth-order valence-corrected chi connectivity index (χ4v) is 5.06. The van der Waals surface area contributed by atoms with Crippen LogP contribution in [0, 0.1) is 24.5 Å². The van der Waals surface area contributed by atoms with Gasteiger partial charge in [0.2, 0.25) is 5.95 Å². The summed E-state index contributed by atoms with van der Waals surface area (Å²) in [7, 11) is 0. The summed E-state index contributed by atoms with van der Waals surface area (Å²) in [6.45, 7) is 3.99. The van der Waals surface area contributed by atoms with Crippen molar-refractivity contribution in [1.29, 1.82) is 0 Å². The van der Waals surface area contributed by atoms with Gasteiger partial charge in [-0.3, -0.25) is 0 Å². The van der Waals surface area contributed by atoms with Crippen molar-refractivity contribution in [2.45, 2.75) is 39.3 Å². The summed E-state index contributed by atoms with van der Waals surface area (Å²) in [5.74, 6) is -4.23. The van der Waals surface area contributed by atoms with Gasteiger partial charge in [0.05, 0.1) is 23.9 Å². The molecular formula is C30H26F3N7O3. The molecule has 6 rings (SSSR count). The van der Waals surface area contributed by atoms with Crippen molar-refractivity contribution in [3.8, 4) is 22.6 Å². The maximum Gasteiger partial charge on any atom is 0.360 e. The van der Waals surface area contributed by atoms with Crippen LogP contribution in [0.5, 0.6) is 0 Å². The van der Waals surface area contributed by atoms with E-state index in [4.69, 9.17) is 9.47 Å². The van der Waals surface area contributed by atoms with Gasteiger partial charge in [0.25, 0.3) is 0 Å². The van der Waals surface area contributed by atoms with Gasteiger partial charge in [-0.15, -0.1) is 0 Å². The molecule has 1 atom stereocenters. The van der Waals surface area contributed by atoms with Gasteiger partial charge < -0.3 is 14.8 Å². The highest BCUT2D eigenvalue weighted by atomic mass is 19.1. The zero-order valence-electron chi connectivity index (χ0n) is 23.3. The molecule has 1 aromatic carbocycles. The zero-order chi connectivity index (χ0) is 30.1. The van der Waals surface area contributed by atoms with Gasteiger partial charge in [0.15, 0.2) is 35.2 Å². The molecule has 0 spiro atoms. The van der Waals surface area contributed by atoms with Crippen LogP contribution in [-0.4, -0.2) is 48.9 Å². The topological polar surface area (TPSA) is 117 Å². The lowest BCUT2D eigenvalue weighted by molar-refractivity contribution is -0.0366. The molecule has 1 unspecified atom stereocenters. The average molecular weight is 590 g/mol. The van der Waals surface area contributed by atoms with Crippen LogP contribution in [0.15, 0.2) is 48.8 Å². The molecule has 1 saturated heterocycles. The largest absolute Gasteiger partial charge is 0.461 e. The number of carbonyl (C=O) groups is 1. The molecular weight excluding hydrogens is 563 g/mol. The second-order valence-electron chi connectivity index (χ2n) is 9.87. The second-order valence-corrected chi connectivity index (χ2v) is 9.87. The number of aryl methyl sites for hydroxylation is 1. The number of esters is 1. The molecule has 43 heavy (non-hydrogen) atoms. The van der Waals surface area contributed by atoms with Gasteiger partial charge in [0, 0.05) is 23.8 Å². The smallest absolute Gasteiger partial charge is 0.360 e. The summed E-state index contributed by atoms with van der Waals surface area (Å²) in [4.78, 5) is 29.5. The van der Waals surface area contributed by atoms with Crippen LogP contribution in [0.25, 0.3) is 33.5 Å². The van der Waals surface area contributed by atoms with Gasteiger partial charge in [-0.2, -0.15) is 14.5 Å². The summed E-state index contributed by atoms with van der Waals surface area (Å²) in [6.07, 6.45) is 5.52. The number of pyridine rings is 2. The number of aromatic nitrogens is 6. The maximum atomic E-state index is 16.2. The van der Waals surface area contributed by atoms with E-state index in [9.17, 15) is 13.6 Å². The molecule has 5 heterocycles. The zero-order valence-corrected chi connectivity index (χ0v) is 23.3. The molecule has 0 radical (unpaired) electrons. The Labute approximate surface area is 243 Å². The monoisotopic (exact) mass is 589 g/mol. The molecule has 0 saturated carbocycles. The fourth-order valence-electron chi connectivity index (χ4n) is 5.06. The van der Waals surface area contributed by atoms with Crippen LogP contribution >= 0.6 is 0 Å². The van der Waals surface area contributed by atoms with Crippen molar-refractivity contribution < 1.29 is 27.4 Å². The molecule has 1 aliphatic heterocycles. The van der Waals surface area contributed by atoms with Crippen LogP contribution in [0.2, 0.25) is 0 Å². The van der Waals surface area contributed by atoms with E-state index in [0.717, 1.165) is 31.4 Å². The first-order valence-electron chi connectivity index (χ1n) is 13.7. The predicted molar refractivity (Wildman–Crippen MR) is 151 cm³/mol. The number of halogens is 3. The van der Waals surface area contributed by atoms with Crippen molar-refractivity contribution >= 4 is 28.5 Å². The third kappa shape index (κ3) is 5.39. The quantitative estimate of drug-likeness (QED) is 0.173. The maximum absolute atomic E-state index is 16.2. The Bertz CT molecular complexity index is 1840. The average Bonchev–Trinajstić information content (AvgIpc) is 3.44. The number of anilines is 2. The number of nitrogens with one attached hydrogen (secondary N) is 1. The molecule has 1 fully saturated rings. The number of hydrogen-bond acceptors (Lipinski definition) is 9. The molecule has 10 nitrogen and oxygen atoms in total. The van der Waals surface area contributed by atoms with Crippen LogP contribution in [0.1, 0.15) is 48.5 Å². The molecule has 13 heteroatoms. The van der Waals surface area contributed by atoms with Crippen LogP contribution in [0.4, 0.5) is 24.8 Å². The predicted octanol–water partition coefficient (Wildman–Crippen LogP) is 6.30. The lowest BCUT2D eigenvalue weighted by atomic mass is 9.99. The van der Waals surface area contributed by atoms with Gasteiger partial charge >= 0.3 is 5.97 Å². The number of rotatable bonds is 7. The van der Waals surface area contributed by atoms with Gasteiger partial charge in [-0.1, -0.05) is 6.07 Å². The van der Waals surface area contributed by atoms with Crippen LogP contribution in [0.3, 0.4) is 0 Å². The van der Waals surface area contributed by atoms with E-state index in [0.29, 0.717) is 28.6 Å². The van der Waals surface area contributed by atoms with E-state index in [1.807, 2.05) is 12.1 Å². The minimum atomic E-state index is -0.989. The standard InChI is InChI=1S/C30H26F3N7O3/c1-3-42-30(41)26-24(33)25(23-16(2)9-11-20-18(23)15-35-40(20)22-8-4-5-14-43-22)37-28(38-26)17-7-6-13-34-27(17)39-29-19(31)10-12-21(32)36-29/h6-7,9-13,15,22H,3-5,8,14H2,1-2H3,(H,34,36,39). The molecule has 1 N–H and O–H groups in total. The number of carbonyl (C=O) groups excluding carboxylic acids is 1. The number of nitrogens with zero attached hydrogens (tertiary/aromatic N) is 6. The lowest BCUT2D eigenvalue weighted by Crippen LogP contribution is -2.19. The van der Waals surface area contributed by atoms with Gasteiger partial charge in [-0.05, 0) is 69.0 Å². The van der Waals surface area contributed by atoms with Crippen molar-refractivity contribution in [3.05, 3.63) is 77.6 Å². The normalized spacial score (nSPS) is 15.0.